The van der Waals surface area contributed by atoms with Gasteiger partial charge >= 0.3 is 0 Å². The smallest absolute Gasteiger partial charge is 0.0776 e. The molecule has 0 spiro atoms. The average molecular weight is 426 g/mol. The molecule has 0 saturated carbocycles. The van der Waals surface area contributed by atoms with Crippen molar-refractivity contribution in [2.75, 3.05) is 0 Å². The Balaban J connectivity index is 1.98. The van der Waals surface area contributed by atoms with Crippen LogP contribution in [0.25, 0.3) is 33.3 Å². The first-order valence-electron chi connectivity index (χ1n) is 10.7. The summed E-state index contributed by atoms with van der Waals surface area (Å²) in [7, 11) is -2.78. The van der Waals surface area contributed by atoms with Gasteiger partial charge in [0.05, 0.1) is 27.4 Å². The van der Waals surface area contributed by atoms with Crippen LogP contribution in [0.2, 0.25) is 39.3 Å². The summed E-state index contributed by atoms with van der Waals surface area (Å²) >= 11 is 0. The molecule has 0 bridgehead atoms. The van der Waals surface area contributed by atoms with Gasteiger partial charge in [-0.05, 0) is 23.3 Å². The lowest BCUT2D eigenvalue weighted by molar-refractivity contribution is 1.40. The van der Waals surface area contributed by atoms with E-state index in [0.29, 0.717) is 0 Å². The van der Waals surface area contributed by atoms with Gasteiger partial charge in [0, 0.05) is 10.9 Å². The number of aromatic nitrogens is 1. The first-order valence-corrected chi connectivity index (χ1v) is 17.7. The van der Waals surface area contributed by atoms with Crippen LogP contribution < -0.4 is 10.4 Å². The highest BCUT2D eigenvalue weighted by molar-refractivity contribution is 6.89. The van der Waals surface area contributed by atoms with E-state index in [4.69, 9.17) is 4.98 Å². The van der Waals surface area contributed by atoms with Crippen LogP contribution in [0, 0.1) is 0 Å². The van der Waals surface area contributed by atoms with Gasteiger partial charge in [0.15, 0.2) is 0 Å². The van der Waals surface area contributed by atoms with Crippen molar-refractivity contribution >= 4 is 37.4 Å². The van der Waals surface area contributed by atoms with Crippen LogP contribution in [-0.2, 0) is 0 Å². The molecular weight excluding hydrogens is 394 g/mol. The first kappa shape index (κ1) is 20.8. The van der Waals surface area contributed by atoms with Crippen molar-refractivity contribution in [1.29, 1.82) is 0 Å². The molecule has 4 rings (SSSR count). The van der Waals surface area contributed by atoms with Crippen molar-refractivity contribution in [3.05, 3.63) is 78.9 Å². The van der Waals surface area contributed by atoms with Crippen molar-refractivity contribution in [2.24, 2.45) is 0 Å². The number of fused-ring (bicyclic) bond motifs is 1. The molecular formula is C27H31NSi2. The van der Waals surface area contributed by atoms with Gasteiger partial charge in [-0.15, -0.1) is 0 Å². The normalized spacial score (nSPS) is 12.3. The Morgan fingerprint density at radius 2 is 1.20 bits per heavy atom. The number of pyridine rings is 1. The minimum absolute atomic E-state index is 1.06. The fraction of sp³-hybridized carbons (Fsp3) is 0.222. The topological polar surface area (TPSA) is 12.9 Å². The van der Waals surface area contributed by atoms with Gasteiger partial charge < -0.3 is 0 Å². The van der Waals surface area contributed by atoms with E-state index in [-0.39, 0.29) is 0 Å². The molecule has 0 aliphatic carbocycles. The highest BCUT2D eigenvalue weighted by Gasteiger charge is 2.20. The quantitative estimate of drug-likeness (QED) is 0.333. The number of rotatable bonds is 4. The molecule has 152 valence electrons. The molecule has 1 aromatic heterocycles. The van der Waals surface area contributed by atoms with Crippen LogP contribution in [0.1, 0.15) is 0 Å². The largest absolute Gasteiger partial charge is 0.248 e. The third-order valence-electron chi connectivity index (χ3n) is 5.78. The molecule has 0 atom stereocenters. The molecule has 3 heteroatoms. The van der Waals surface area contributed by atoms with Gasteiger partial charge in [-0.25, -0.2) is 4.98 Å². The number of hydrogen-bond acceptors (Lipinski definition) is 1. The van der Waals surface area contributed by atoms with E-state index in [0.717, 1.165) is 11.2 Å². The Labute approximate surface area is 182 Å². The molecule has 0 fully saturated rings. The maximum atomic E-state index is 5.11. The minimum Gasteiger partial charge on any atom is -0.248 e. The van der Waals surface area contributed by atoms with Crippen LogP contribution in [0.5, 0.6) is 0 Å². The summed E-state index contributed by atoms with van der Waals surface area (Å²) in [6.45, 7) is 14.4. The molecule has 0 aliphatic heterocycles. The Kier molecular flexibility index (Phi) is 5.29. The summed E-state index contributed by atoms with van der Waals surface area (Å²) in [6, 6.07) is 28.9. The van der Waals surface area contributed by atoms with Crippen molar-refractivity contribution in [2.45, 2.75) is 39.3 Å². The van der Waals surface area contributed by atoms with Crippen LogP contribution in [-0.4, -0.2) is 21.1 Å². The van der Waals surface area contributed by atoms with E-state index in [2.05, 4.69) is 118 Å². The van der Waals surface area contributed by atoms with Crippen molar-refractivity contribution in [3.8, 4) is 22.4 Å². The maximum Gasteiger partial charge on any atom is 0.0776 e. The molecule has 1 heterocycles. The first-order chi connectivity index (χ1) is 14.1. The Morgan fingerprint density at radius 1 is 0.567 bits per heavy atom. The molecule has 0 unspecified atom stereocenters. The molecule has 3 aromatic carbocycles. The fourth-order valence-electron chi connectivity index (χ4n) is 3.84. The average Bonchev–Trinajstić information content (AvgIpc) is 2.72. The van der Waals surface area contributed by atoms with E-state index in [1.807, 2.05) is 0 Å². The summed E-state index contributed by atoms with van der Waals surface area (Å²) < 4.78 is 0. The predicted octanol–water partition coefficient (Wildman–Crippen LogP) is 6.66. The van der Waals surface area contributed by atoms with Crippen LogP contribution in [0.4, 0.5) is 0 Å². The second kappa shape index (κ2) is 7.64. The molecule has 0 radical (unpaired) electrons. The van der Waals surface area contributed by atoms with E-state index in [9.17, 15) is 0 Å². The maximum absolute atomic E-state index is 5.11. The zero-order valence-electron chi connectivity index (χ0n) is 19.0. The zero-order valence-corrected chi connectivity index (χ0v) is 21.0. The molecule has 30 heavy (non-hydrogen) atoms. The number of benzene rings is 3. The molecule has 0 saturated heterocycles. The summed E-state index contributed by atoms with van der Waals surface area (Å²) in [4.78, 5) is 5.11. The van der Waals surface area contributed by atoms with E-state index in [1.54, 1.807) is 0 Å². The number of nitrogens with zero attached hydrogens (tertiary/aromatic N) is 1. The molecule has 0 N–H and O–H groups in total. The molecule has 1 nitrogen and oxygen atoms in total. The second-order valence-corrected chi connectivity index (χ2v) is 20.4. The van der Waals surface area contributed by atoms with Crippen LogP contribution in [0.3, 0.4) is 0 Å². The Morgan fingerprint density at radius 3 is 1.87 bits per heavy atom. The fourth-order valence-corrected chi connectivity index (χ4v) is 6.19. The molecule has 4 aromatic rings. The van der Waals surface area contributed by atoms with E-state index >= 15 is 0 Å². The standard InChI is InChI=1S/C27H31NSi2/c1-29(2,3)22-14-10-13-21(17-22)27-19-24(20-11-8-7-9-12-20)25-18-23(30(4,5)6)15-16-26(25)28-27/h7-19H,1-6H3. The van der Waals surface area contributed by atoms with Gasteiger partial charge in [-0.1, -0.05) is 116 Å². The summed E-state index contributed by atoms with van der Waals surface area (Å²) in [6.07, 6.45) is 0. The summed E-state index contributed by atoms with van der Waals surface area (Å²) in [5, 5.41) is 4.20. The third-order valence-corrected chi connectivity index (χ3v) is 9.87. The van der Waals surface area contributed by atoms with Crippen molar-refractivity contribution in [1.82, 2.24) is 4.98 Å². The van der Waals surface area contributed by atoms with Gasteiger partial charge in [0.1, 0.15) is 0 Å². The van der Waals surface area contributed by atoms with Gasteiger partial charge in [-0.3, -0.25) is 0 Å². The van der Waals surface area contributed by atoms with Crippen molar-refractivity contribution in [3.63, 3.8) is 0 Å². The lowest BCUT2D eigenvalue weighted by Gasteiger charge is -2.19. The Hall–Kier alpha value is -2.50. The minimum atomic E-state index is -1.40. The lowest BCUT2D eigenvalue weighted by atomic mass is 9.98. The lowest BCUT2D eigenvalue weighted by Crippen LogP contribution is -2.37. The van der Waals surface area contributed by atoms with Crippen LogP contribution >= 0.6 is 0 Å². The van der Waals surface area contributed by atoms with E-state index < -0.39 is 16.1 Å². The molecule has 0 amide bonds. The SMILES string of the molecule is C[Si](C)(C)c1cccc(-c2cc(-c3ccccc3)c3cc([Si](C)(C)C)ccc3n2)c1. The highest BCUT2D eigenvalue weighted by Crippen LogP contribution is 2.32. The number of hydrogen-bond donors (Lipinski definition) is 0. The van der Waals surface area contributed by atoms with E-state index in [1.165, 1.54) is 32.5 Å². The molecule has 0 aliphatic rings. The second-order valence-electron chi connectivity index (χ2n) is 10.2. The Bertz CT molecular complexity index is 1200. The predicted molar refractivity (Wildman–Crippen MR) is 139 cm³/mol. The third kappa shape index (κ3) is 4.18. The monoisotopic (exact) mass is 425 g/mol. The van der Waals surface area contributed by atoms with Gasteiger partial charge in [-0.2, -0.15) is 0 Å². The summed E-state index contributed by atoms with van der Waals surface area (Å²) in [5.41, 5.74) is 5.87. The van der Waals surface area contributed by atoms with Crippen LogP contribution in [0.15, 0.2) is 78.9 Å². The van der Waals surface area contributed by atoms with Gasteiger partial charge in [0.2, 0.25) is 0 Å². The van der Waals surface area contributed by atoms with Crippen molar-refractivity contribution < 1.29 is 0 Å². The zero-order chi connectivity index (χ0) is 21.5. The summed E-state index contributed by atoms with van der Waals surface area (Å²) in [5.74, 6) is 0. The van der Waals surface area contributed by atoms with Gasteiger partial charge in [0.25, 0.3) is 0 Å². The highest BCUT2D eigenvalue weighted by atomic mass is 28.3.